The third-order valence-corrected chi connectivity index (χ3v) is 5.15. The molecule has 3 rings (SSSR count). The molecule has 1 aliphatic heterocycles. The molecule has 0 aliphatic carbocycles. The minimum absolute atomic E-state index is 0.115. The molecule has 0 saturated carbocycles. The Kier molecular flexibility index (Phi) is 7.00. The number of hydrogen-bond donors (Lipinski definition) is 0. The minimum Gasteiger partial charge on any atom is -0.490 e. The first-order valence-electron chi connectivity index (χ1n) is 9.58. The number of halogens is 1. The second-order valence-corrected chi connectivity index (χ2v) is 7.34. The molecule has 0 aromatic heterocycles. The fourth-order valence-electron chi connectivity index (χ4n) is 3.35. The van der Waals surface area contributed by atoms with E-state index in [1.54, 1.807) is 0 Å². The monoisotopic (exact) mass is 389 g/mol. The largest absolute Gasteiger partial charge is 0.490 e. The predicted octanol–water partition coefficient (Wildman–Crippen LogP) is 4.97. The smallest absolute Gasteiger partial charge is 0.162 e. The van der Waals surface area contributed by atoms with Gasteiger partial charge in [0, 0.05) is 29.7 Å². The highest BCUT2D eigenvalue weighted by atomic mass is 35.5. The van der Waals surface area contributed by atoms with Crippen LogP contribution in [0.3, 0.4) is 0 Å². The summed E-state index contributed by atoms with van der Waals surface area (Å²) in [4.78, 5) is 2.41. The van der Waals surface area contributed by atoms with Gasteiger partial charge in [0.1, 0.15) is 6.10 Å². The van der Waals surface area contributed by atoms with Crippen molar-refractivity contribution in [2.45, 2.75) is 39.0 Å². The van der Waals surface area contributed by atoms with Crippen molar-refractivity contribution in [1.29, 1.82) is 0 Å². The van der Waals surface area contributed by atoms with Crippen LogP contribution in [0.2, 0.25) is 5.02 Å². The number of rotatable bonds is 7. The van der Waals surface area contributed by atoms with Crippen LogP contribution in [0.4, 0.5) is 0 Å². The number of nitrogens with zero attached hydrogens (tertiary/aromatic N) is 1. The van der Waals surface area contributed by atoms with Gasteiger partial charge < -0.3 is 14.2 Å². The van der Waals surface area contributed by atoms with E-state index >= 15 is 0 Å². The van der Waals surface area contributed by atoms with Gasteiger partial charge in [-0.15, -0.1) is 0 Å². The first-order chi connectivity index (χ1) is 13.1. The molecule has 146 valence electrons. The molecule has 0 radical (unpaired) electrons. The summed E-state index contributed by atoms with van der Waals surface area (Å²) in [5.41, 5.74) is 0.932. The molecule has 1 aliphatic rings. The van der Waals surface area contributed by atoms with E-state index in [1.807, 2.05) is 55.5 Å². The summed E-state index contributed by atoms with van der Waals surface area (Å²) >= 11 is 6.52. The van der Waals surface area contributed by atoms with Crippen molar-refractivity contribution < 1.29 is 14.2 Å². The van der Waals surface area contributed by atoms with Gasteiger partial charge in [-0.3, -0.25) is 4.90 Å². The van der Waals surface area contributed by atoms with Gasteiger partial charge in [-0.05, 0) is 39.0 Å². The lowest BCUT2D eigenvalue weighted by molar-refractivity contribution is -0.0888. The maximum atomic E-state index is 6.52. The number of para-hydroxylation sites is 2. The van der Waals surface area contributed by atoms with E-state index in [1.165, 1.54) is 0 Å². The van der Waals surface area contributed by atoms with Crippen molar-refractivity contribution in [2.24, 2.45) is 0 Å². The topological polar surface area (TPSA) is 30.9 Å². The van der Waals surface area contributed by atoms with Crippen molar-refractivity contribution >= 4 is 11.6 Å². The molecule has 27 heavy (non-hydrogen) atoms. The van der Waals surface area contributed by atoms with E-state index in [2.05, 4.69) is 18.7 Å². The normalized spacial score (nSPS) is 19.1. The Morgan fingerprint density at radius 3 is 2.52 bits per heavy atom. The third-order valence-electron chi connectivity index (χ3n) is 4.81. The van der Waals surface area contributed by atoms with Crippen LogP contribution in [0.1, 0.15) is 32.4 Å². The third kappa shape index (κ3) is 4.95. The molecule has 2 atom stereocenters. The van der Waals surface area contributed by atoms with Crippen molar-refractivity contribution in [2.75, 3.05) is 26.3 Å². The lowest BCUT2D eigenvalue weighted by Gasteiger charge is -2.39. The molecule has 1 saturated heterocycles. The molecule has 1 heterocycles. The van der Waals surface area contributed by atoms with Crippen molar-refractivity contribution in [3.63, 3.8) is 0 Å². The van der Waals surface area contributed by atoms with Gasteiger partial charge in [-0.25, -0.2) is 0 Å². The van der Waals surface area contributed by atoms with Crippen molar-refractivity contribution in [1.82, 2.24) is 4.90 Å². The molecular formula is C22H28ClNO3. The van der Waals surface area contributed by atoms with Crippen LogP contribution in [-0.2, 0) is 4.74 Å². The van der Waals surface area contributed by atoms with Crippen molar-refractivity contribution in [3.05, 3.63) is 59.1 Å². The van der Waals surface area contributed by atoms with Crippen LogP contribution >= 0.6 is 11.6 Å². The van der Waals surface area contributed by atoms with Crippen LogP contribution in [0.25, 0.3) is 0 Å². The highest BCUT2D eigenvalue weighted by molar-refractivity contribution is 6.31. The number of morpholine rings is 1. The summed E-state index contributed by atoms with van der Waals surface area (Å²) in [5.74, 6) is 1.43. The predicted molar refractivity (Wildman–Crippen MR) is 109 cm³/mol. The zero-order chi connectivity index (χ0) is 19.2. The lowest BCUT2D eigenvalue weighted by atomic mass is 10.0. The Balaban J connectivity index is 1.93. The van der Waals surface area contributed by atoms with Gasteiger partial charge >= 0.3 is 0 Å². The average Bonchev–Trinajstić information content (AvgIpc) is 2.68. The maximum Gasteiger partial charge on any atom is 0.162 e. The fourth-order valence-corrected chi connectivity index (χ4v) is 3.60. The van der Waals surface area contributed by atoms with Crippen LogP contribution in [0.15, 0.2) is 48.5 Å². The Bertz CT molecular complexity index is 737. The van der Waals surface area contributed by atoms with E-state index in [0.717, 1.165) is 24.4 Å². The summed E-state index contributed by atoms with van der Waals surface area (Å²) in [5, 5.41) is 0.682. The zero-order valence-electron chi connectivity index (χ0n) is 16.2. The summed E-state index contributed by atoms with van der Waals surface area (Å²) in [6.07, 6.45) is -0.433. The average molecular weight is 390 g/mol. The standard InChI is InChI=1S/C22H28ClNO3/c1-4-25-19-11-7-8-12-20(19)27-22(17-9-5-6-10-18(17)23)21-15-24(16(2)3)13-14-26-21/h5-12,16,21-22H,4,13-15H2,1-3H3. The first kappa shape index (κ1) is 20.0. The van der Waals surface area contributed by atoms with Gasteiger partial charge in [0.2, 0.25) is 0 Å². The van der Waals surface area contributed by atoms with Gasteiger partial charge in [-0.2, -0.15) is 0 Å². The first-order valence-corrected chi connectivity index (χ1v) is 9.96. The molecule has 5 heteroatoms. The Labute approximate surface area is 167 Å². The molecule has 2 aromatic carbocycles. The Morgan fingerprint density at radius 2 is 1.81 bits per heavy atom. The van der Waals surface area contributed by atoms with E-state index in [4.69, 9.17) is 25.8 Å². The Hall–Kier alpha value is -1.75. The van der Waals surface area contributed by atoms with Gasteiger partial charge in [0.25, 0.3) is 0 Å². The molecule has 2 aromatic rings. The number of hydrogen-bond acceptors (Lipinski definition) is 4. The van der Waals surface area contributed by atoms with Crippen LogP contribution in [0, 0.1) is 0 Å². The quantitative estimate of drug-likeness (QED) is 0.669. The van der Waals surface area contributed by atoms with Gasteiger partial charge in [-0.1, -0.05) is 41.9 Å². The molecule has 0 amide bonds. The number of benzene rings is 2. The summed E-state index contributed by atoms with van der Waals surface area (Å²) < 4.78 is 18.3. The molecule has 0 spiro atoms. The van der Waals surface area contributed by atoms with Crippen LogP contribution in [0.5, 0.6) is 11.5 Å². The zero-order valence-corrected chi connectivity index (χ0v) is 17.0. The summed E-state index contributed by atoms with van der Waals surface area (Å²) in [6, 6.07) is 16.0. The molecular weight excluding hydrogens is 362 g/mol. The summed E-state index contributed by atoms with van der Waals surface area (Å²) in [6.45, 7) is 9.37. The fraction of sp³-hybridized carbons (Fsp3) is 0.455. The second-order valence-electron chi connectivity index (χ2n) is 6.94. The van der Waals surface area contributed by atoms with E-state index in [9.17, 15) is 0 Å². The van der Waals surface area contributed by atoms with E-state index in [-0.39, 0.29) is 12.2 Å². The lowest BCUT2D eigenvalue weighted by Crippen LogP contribution is -2.48. The highest BCUT2D eigenvalue weighted by Crippen LogP contribution is 2.36. The molecule has 1 fully saturated rings. The van der Waals surface area contributed by atoms with Crippen LogP contribution < -0.4 is 9.47 Å². The number of ether oxygens (including phenoxy) is 3. The van der Waals surface area contributed by atoms with Crippen molar-refractivity contribution in [3.8, 4) is 11.5 Å². The minimum atomic E-state index is -0.318. The summed E-state index contributed by atoms with van der Waals surface area (Å²) in [7, 11) is 0. The molecule has 0 N–H and O–H groups in total. The molecule has 4 nitrogen and oxygen atoms in total. The maximum absolute atomic E-state index is 6.52. The van der Waals surface area contributed by atoms with Gasteiger partial charge in [0.15, 0.2) is 17.6 Å². The second kappa shape index (κ2) is 9.45. The highest BCUT2D eigenvalue weighted by Gasteiger charge is 2.33. The Morgan fingerprint density at radius 1 is 1.11 bits per heavy atom. The molecule has 0 bridgehead atoms. The van der Waals surface area contributed by atoms with Crippen LogP contribution in [-0.4, -0.2) is 43.3 Å². The van der Waals surface area contributed by atoms with E-state index in [0.29, 0.717) is 30.0 Å². The van der Waals surface area contributed by atoms with E-state index < -0.39 is 0 Å². The van der Waals surface area contributed by atoms with Gasteiger partial charge in [0.05, 0.1) is 13.2 Å². The SMILES string of the molecule is CCOc1ccccc1OC(c1ccccc1Cl)C1CN(C(C)C)CCO1. The molecule has 2 unspecified atom stereocenters.